The highest BCUT2D eigenvalue weighted by Crippen LogP contribution is 2.38. The molecule has 1 unspecified atom stereocenters. The molecule has 3 N–H and O–H groups in total. The van der Waals surface area contributed by atoms with Gasteiger partial charge in [-0.05, 0) is 33.1 Å². The first kappa shape index (κ1) is 14.1. The van der Waals surface area contributed by atoms with Crippen LogP contribution in [-0.4, -0.2) is 33.8 Å². The lowest BCUT2D eigenvalue weighted by atomic mass is 10.0. The summed E-state index contributed by atoms with van der Waals surface area (Å²) in [7, 11) is 0. The summed E-state index contributed by atoms with van der Waals surface area (Å²) >= 11 is 0. The van der Waals surface area contributed by atoms with E-state index in [0.29, 0.717) is 18.9 Å². The van der Waals surface area contributed by atoms with Crippen LogP contribution in [0.1, 0.15) is 51.8 Å². The van der Waals surface area contributed by atoms with Crippen molar-refractivity contribution in [2.75, 3.05) is 23.7 Å². The summed E-state index contributed by atoms with van der Waals surface area (Å²) in [5.74, 6) is 3.09. The summed E-state index contributed by atoms with van der Waals surface area (Å²) in [5.41, 5.74) is -0.705. The van der Waals surface area contributed by atoms with E-state index in [1.54, 1.807) is 0 Å². The maximum atomic E-state index is 10.0. The van der Waals surface area contributed by atoms with E-state index in [-0.39, 0.29) is 0 Å². The van der Waals surface area contributed by atoms with Crippen molar-refractivity contribution in [3.8, 4) is 0 Å². The van der Waals surface area contributed by atoms with Crippen molar-refractivity contribution in [3.05, 3.63) is 11.9 Å². The Labute approximate surface area is 114 Å². The Balaban J connectivity index is 2.09. The van der Waals surface area contributed by atoms with Crippen molar-refractivity contribution in [1.82, 2.24) is 9.97 Å². The third kappa shape index (κ3) is 4.06. The highest BCUT2D eigenvalue weighted by molar-refractivity contribution is 5.48. The van der Waals surface area contributed by atoms with Crippen molar-refractivity contribution in [2.45, 2.75) is 51.6 Å². The van der Waals surface area contributed by atoms with Gasteiger partial charge in [0, 0.05) is 25.1 Å². The molecule has 0 aliphatic heterocycles. The molecule has 0 amide bonds. The van der Waals surface area contributed by atoms with Crippen LogP contribution < -0.4 is 10.6 Å². The standard InChI is InChI=1S/C14H24N4O/c1-4-14(3,19)9-16-12-8-11(15-5-2)17-13(18-12)10-6-7-10/h8,10,19H,4-7,9H2,1-3H3,(H2,15,16,17,18). The summed E-state index contributed by atoms with van der Waals surface area (Å²) in [4.78, 5) is 9.07. The zero-order valence-corrected chi connectivity index (χ0v) is 12.0. The Hall–Kier alpha value is -1.36. The number of nitrogens with one attached hydrogen (secondary N) is 2. The third-order valence-corrected chi connectivity index (χ3v) is 3.46. The van der Waals surface area contributed by atoms with Crippen molar-refractivity contribution < 1.29 is 5.11 Å². The van der Waals surface area contributed by atoms with Gasteiger partial charge in [-0.15, -0.1) is 0 Å². The van der Waals surface area contributed by atoms with Gasteiger partial charge in [0.15, 0.2) is 0 Å². The molecule has 0 saturated heterocycles. The predicted molar refractivity (Wildman–Crippen MR) is 77.6 cm³/mol. The SMILES string of the molecule is CCNc1cc(NCC(C)(O)CC)nc(C2CC2)n1. The summed E-state index contributed by atoms with van der Waals surface area (Å²) < 4.78 is 0. The van der Waals surface area contributed by atoms with Gasteiger partial charge in [-0.2, -0.15) is 0 Å². The molecule has 0 aromatic carbocycles. The highest BCUT2D eigenvalue weighted by Gasteiger charge is 2.27. The molecule has 0 spiro atoms. The van der Waals surface area contributed by atoms with Gasteiger partial charge >= 0.3 is 0 Å². The van der Waals surface area contributed by atoms with Gasteiger partial charge in [-0.1, -0.05) is 6.92 Å². The summed E-state index contributed by atoms with van der Waals surface area (Å²) in [6, 6.07) is 1.90. The number of hydrogen-bond donors (Lipinski definition) is 3. The van der Waals surface area contributed by atoms with Gasteiger partial charge in [-0.25, -0.2) is 9.97 Å². The average Bonchev–Trinajstić information content (AvgIpc) is 3.21. The predicted octanol–water partition coefficient (Wildman–Crippen LogP) is 2.36. The topological polar surface area (TPSA) is 70.1 Å². The fourth-order valence-electron chi connectivity index (χ4n) is 1.76. The molecule has 1 saturated carbocycles. The number of aliphatic hydroxyl groups is 1. The molecule has 1 heterocycles. The van der Waals surface area contributed by atoms with Crippen LogP contribution in [0.4, 0.5) is 11.6 Å². The van der Waals surface area contributed by atoms with E-state index in [9.17, 15) is 5.11 Å². The summed E-state index contributed by atoms with van der Waals surface area (Å²) in [5, 5.41) is 16.5. The van der Waals surface area contributed by atoms with Crippen molar-refractivity contribution in [3.63, 3.8) is 0 Å². The molecule has 19 heavy (non-hydrogen) atoms. The number of nitrogens with zero attached hydrogens (tertiary/aromatic N) is 2. The Morgan fingerprint density at radius 3 is 2.42 bits per heavy atom. The molecule has 1 fully saturated rings. The monoisotopic (exact) mass is 264 g/mol. The average molecular weight is 264 g/mol. The Morgan fingerprint density at radius 1 is 1.26 bits per heavy atom. The summed E-state index contributed by atoms with van der Waals surface area (Å²) in [6.07, 6.45) is 3.07. The first-order valence-corrected chi connectivity index (χ1v) is 7.13. The molecule has 106 valence electrons. The Kier molecular flexibility index (Phi) is 4.24. The largest absolute Gasteiger partial charge is 0.388 e. The minimum Gasteiger partial charge on any atom is -0.388 e. The molecule has 1 aliphatic rings. The van der Waals surface area contributed by atoms with E-state index in [2.05, 4.69) is 20.6 Å². The first-order valence-electron chi connectivity index (χ1n) is 7.13. The van der Waals surface area contributed by atoms with Gasteiger partial charge in [0.1, 0.15) is 17.5 Å². The second-order valence-corrected chi connectivity index (χ2v) is 5.51. The minimum absolute atomic E-state index is 0.496. The maximum absolute atomic E-state index is 10.0. The molecule has 5 heteroatoms. The van der Waals surface area contributed by atoms with Crippen LogP contribution in [0.5, 0.6) is 0 Å². The van der Waals surface area contributed by atoms with Crippen LogP contribution in [-0.2, 0) is 0 Å². The number of hydrogen-bond acceptors (Lipinski definition) is 5. The molecule has 1 aliphatic carbocycles. The normalized spacial score (nSPS) is 17.9. The third-order valence-electron chi connectivity index (χ3n) is 3.46. The van der Waals surface area contributed by atoms with E-state index in [1.165, 1.54) is 12.8 Å². The fourth-order valence-corrected chi connectivity index (χ4v) is 1.76. The quantitative estimate of drug-likeness (QED) is 0.705. The fraction of sp³-hybridized carbons (Fsp3) is 0.714. The lowest BCUT2D eigenvalue weighted by Crippen LogP contribution is -2.32. The molecular weight excluding hydrogens is 240 g/mol. The number of rotatable bonds is 7. The van der Waals surface area contributed by atoms with Crippen LogP contribution in [0, 0.1) is 0 Å². The van der Waals surface area contributed by atoms with Crippen LogP contribution in [0.2, 0.25) is 0 Å². The lowest BCUT2D eigenvalue weighted by molar-refractivity contribution is 0.0696. The lowest BCUT2D eigenvalue weighted by Gasteiger charge is -2.22. The molecule has 1 aromatic rings. The second-order valence-electron chi connectivity index (χ2n) is 5.51. The van der Waals surface area contributed by atoms with E-state index in [1.807, 2.05) is 26.8 Å². The van der Waals surface area contributed by atoms with Gasteiger partial charge in [0.05, 0.1) is 5.60 Å². The van der Waals surface area contributed by atoms with E-state index in [0.717, 1.165) is 24.0 Å². The maximum Gasteiger partial charge on any atom is 0.136 e. The van der Waals surface area contributed by atoms with E-state index in [4.69, 9.17) is 0 Å². The zero-order valence-electron chi connectivity index (χ0n) is 12.0. The van der Waals surface area contributed by atoms with Gasteiger partial charge < -0.3 is 15.7 Å². The molecule has 1 aromatic heterocycles. The van der Waals surface area contributed by atoms with Crippen LogP contribution in [0.15, 0.2) is 6.07 Å². The van der Waals surface area contributed by atoms with Crippen molar-refractivity contribution in [1.29, 1.82) is 0 Å². The smallest absolute Gasteiger partial charge is 0.136 e. The molecule has 5 nitrogen and oxygen atoms in total. The molecular formula is C14H24N4O. The zero-order chi connectivity index (χ0) is 13.9. The molecule has 1 atom stereocenters. The van der Waals surface area contributed by atoms with Crippen molar-refractivity contribution >= 4 is 11.6 Å². The first-order chi connectivity index (χ1) is 9.04. The molecule has 2 rings (SSSR count). The van der Waals surface area contributed by atoms with Gasteiger partial charge in [0.2, 0.25) is 0 Å². The Morgan fingerprint density at radius 2 is 1.89 bits per heavy atom. The van der Waals surface area contributed by atoms with Crippen LogP contribution in [0.25, 0.3) is 0 Å². The second kappa shape index (κ2) is 5.74. The molecule has 0 radical (unpaired) electrons. The van der Waals surface area contributed by atoms with E-state index < -0.39 is 5.60 Å². The van der Waals surface area contributed by atoms with E-state index >= 15 is 0 Å². The van der Waals surface area contributed by atoms with Gasteiger partial charge in [-0.3, -0.25) is 0 Å². The van der Waals surface area contributed by atoms with Gasteiger partial charge in [0.25, 0.3) is 0 Å². The summed E-state index contributed by atoms with van der Waals surface area (Å²) in [6.45, 7) is 7.19. The highest BCUT2D eigenvalue weighted by atomic mass is 16.3. The van der Waals surface area contributed by atoms with Crippen LogP contribution >= 0.6 is 0 Å². The number of anilines is 2. The Bertz CT molecular complexity index is 429. The van der Waals surface area contributed by atoms with Crippen molar-refractivity contribution in [2.24, 2.45) is 0 Å². The molecule has 0 bridgehead atoms. The van der Waals surface area contributed by atoms with Crippen LogP contribution in [0.3, 0.4) is 0 Å². The minimum atomic E-state index is -0.705. The number of aromatic nitrogens is 2.